The normalized spacial score (nSPS) is 25.0. The van der Waals surface area contributed by atoms with E-state index in [2.05, 4.69) is 19.1 Å². The van der Waals surface area contributed by atoms with Gasteiger partial charge in [-0.15, -0.1) is 12.1 Å². The molecule has 4 nitrogen and oxygen atoms in total. The first-order chi connectivity index (χ1) is 9.81. The summed E-state index contributed by atoms with van der Waals surface area (Å²) in [5, 5.41) is 19.5. The second-order valence-electron chi connectivity index (χ2n) is 6.48. The molecule has 22 heavy (non-hydrogen) atoms. The number of hydrogen-bond donors (Lipinski definition) is 2. The van der Waals surface area contributed by atoms with Gasteiger partial charge in [-0.1, -0.05) is 11.6 Å². The number of allylic oxidation sites excluding steroid dienone is 2. The molecule has 1 aromatic rings. The third-order valence-corrected chi connectivity index (χ3v) is 4.67. The Morgan fingerprint density at radius 1 is 1.45 bits per heavy atom. The number of hydrogen-bond acceptors (Lipinski definition) is 3. The fourth-order valence-electron chi connectivity index (χ4n) is 3.60. The van der Waals surface area contributed by atoms with Gasteiger partial charge in [-0.2, -0.15) is 0 Å². The van der Waals surface area contributed by atoms with Crippen molar-refractivity contribution < 1.29 is 77.9 Å². The molecule has 0 radical (unpaired) electrons. The Hall–Kier alpha value is -0.165. The van der Waals surface area contributed by atoms with Crippen molar-refractivity contribution in [1.29, 1.82) is 0 Å². The Kier molecular flexibility index (Phi) is 5.27. The number of aromatic carboxylic acids is 1. The Balaban J connectivity index is 0.00000176. The fourth-order valence-corrected chi connectivity index (χ4v) is 3.60. The fraction of sp³-hybridized carbons (Fsp3) is 0.471. The van der Waals surface area contributed by atoms with Crippen LogP contribution in [0.5, 0.6) is 11.5 Å². The molecule has 0 saturated heterocycles. The molecule has 1 heterocycles. The van der Waals surface area contributed by atoms with Crippen LogP contribution in [0, 0.1) is 12.0 Å². The van der Waals surface area contributed by atoms with E-state index in [4.69, 9.17) is 4.74 Å². The quantitative estimate of drug-likeness (QED) is 0.557. The number of benzene rings is 1. The maximum Gasteiger partial charge on any atom is 1.00 e. The second kappa shape index (κ2) is 6.38. The van der Waals surface area contributed by atoms with Gasteiger partial charge < -0.3 is 19.7 Å². The molecule has 112 valence electrons. The Morgan fingerprint density at radius 2 is 2.14 bits per heavy atom. The Morgan fingerprint density at radius 3 is 2.77 bits per heavy atom. The van der Waals surface area contributed by atoms with Gasteiger partial charge in [0.15, 0.2) is 0 Å². The number of carbonyl (C=O) groups is 1. The molecule has 0 saturated carbocycles. The SMILES string of the molecule is CC1=C[C@H]2c3c(c[c-]c(C(=O)O)c3O)OC(C)(C)[C@@H]2CC1.[Rb+]. The van der Waals surface area contributed by atoms with Crippen LogP contribution in [0.2, 0.25) is 0 Å². The molecular weight excluding hydrogens is 354 g/mol. The molecule has 2 atom stereocenters. The van der Waals surface area contributed by atoms with Crippen LogP contribution in [0.25, 0.3) is 0 Å². The van der Waals surface area contributed by atoms with Crippen LogP contribution in [-0.2, 0) is 0 Å². The summed E-state index contributed by atoms with van der Waals surface area (Å²) in [7, 11) is 0. The first-order valence-electron chi connectivity index (χ1n) is 7.18. The summed E-state index contributed by atoms with van der Waals surface area (Å²) in [4.78, 5) is 11.2. The van der Waals surface area contributed by atoms with Gasteiger partial charge in [0, 0.05) is 17.4 Å². The van der Waals surface area contributed by atoms with Gasteiger partial charge in [0.25, 0.3) is 5.97 Å². The molecule has 1 aliphatic carbocycles. The van der Waals surface area contributed by atoms with Gasteiger partial charge in [-0.05, 0) is 50.7 Å². The number of phenols is 1. The summed E-state index contributed by atoms with van der Waals surface area (Å²) in [6.45, 7) is 6.16. The van der Waals surface area contributed by atoms with Gasteiger partial charge in [-0.3, -0.25) is 0 Å². The summed E-state index contributed by atoms with van der Waals surface area (Å²) in [5.41, 5.74) is 1.32. The third kappa shape index (κ3) is 2.95. The number of fused-ring (bicyclic) bond motifs is 3. The third-order valence-electron chi connectivity index (χ3n) is 4.67. The summed E-state index contributed by atoms with van der Waals surface area (Å²) < 4.78 is 6.03. The molecule has 2 aliphatic rings. The van der Waals surface area contributed by atoms with E-state index >= 15 is 0 Å². The zero-order chi connectivity index (χ0) is 15.4. The summed E-state index contributed by atoms with van der Waals surface area (Å²) >= 11 is 0. The van der Waals surface area contributed by atoms with Crippen LogP contribution in [0.15, 0.2) is 17.7 Å². The molecule has 0 spiro atoms. The minimum atomic E-state index is -1.17. The van der Waals surface area contributed by atoms with E-state index in [9.17, 15) is 15.0 Å². The van der Waals surface area contributed by atoms with Gasteiger partial charge in [-0.25, -0.2) is 0 Å². The maximum atomic E-state index is 11.2. The smallest absolute Gasteiger partial charge is 0.551 e. The second-order valence-corrected chi connectivity index (χ2v) is 6.48. The van der Waals surface area contributed by atoms with Crippen molar-refractivity contribution in [2.45, 2.75) is 45.1 Å². The van der Waals surface area contributed by atoms with Crippen LogP contribution < -0.4 is 62.9 Å². The van der Waals surface area contributed by atoms with E-state index in [0.29, 0.717) is 11.3 Å². The predicted octanol–water partition coefficient (Wildman–Crippen LogP) is 0.505. The summed E-state index contributed by atoms with van der Waals surface area (Å²) in [5.74, 6) is -0.631. The molecule has 0 amide bonds. The Labute approximate surface area is 179 Å². The van der Waals surface area contributed by atoms with Crippen molar-refractivity contribution in [1.82, 2.24) is 0 Å². The zero-order valence-electron chi connectivity index (χ0n) is 13.4. The van der Waals surface area contributed by atoms with Crippen molar-refractivity contribution in [2.24, 2.45) is 5.92 Å². The molecule has 2 N–H and O–H groups in total. The van der Waals surface area contributed by atoms with E-state index in [0.717, 1.165) is 12.8 Å². The van der Waals surface area contributed by atoms with E-state index < -0.39 is 5.97 Å². The molecule has 5 heteroatoms. The molecule has 0 unspecified atom stereocenters. The van der Waals surface area contributed by atoms with Crippen LogP contribution in [0.3, 0.4) is 0 Å². The first-order valence-corrected chi connectivity index (χ1v) is 7.18. The number of carboxylic acid groups (broad SMARTS) is 1. The molecular formula is C17H19O4Rb. The monoisotopic (exact) mass is 372 g/mol. The summed E-state index contributed by atoms with van der Waals surface area (Å²) in [6, 6.07) is 4.15. The molecule has 0 fully saturated rings. The topological polar surface area (TPSA) is 66.8 Å². The van der Waals surface area contributed by atoms with Crippen LogP contribution in [-0.4, -0.2) is 21.8 Å². The van der Waals surface area contributed by atoms with Crippen molar-refractivity contribution in [3.63, 3.8) is 0 Å². The number of ether oxygens (including phenoxy) is 1. The minimum absolute atomic E-state index is 0. The average Bonchev–Trinajstić information content (AvgIpc) is 2.37. The zero-order valence-corrected chi connectivity index (χ0v) is 18.4. The number of rotatable bonds is 1. The van der Waals surface area contributed by atoms with Crippen molar-refractivity contribution in [3.8, 4) is 11.5 Å². The molecule has 3 rings (SSSR count). The van der Waals surface area contributed by atoms with Crippen molar-refractivity contribution in [2.75, 3.05) is 0 Å². The van der Waals surface area contributed by atoms with Gasteiger partial charge >= 0.3 is 58.2 Å². The predicted molar refractivity (Wildman–Crippen MR) is 77.8 cm³/mol. The average molecular weight is 373 g/mol. The standard InChI is InChI=1S/C17H19O4.Rb/c1-9-4-6-12-11(8-9)14-13(21-17(12,2)3)7-5-10(15(14)18)16(19)20;/h7-8,11-12,18H,4,6H2,1-3H3,(H,19,20);/q-1;+1/t11-,12-;/m1./s1. The molecule has 1 aliphatic heterocycles. The van der Waals surface area contributed by atoms with E-state index in [-0.39, 0.29) is 86.9 Å². The number of aromatic hydroxyl groups is 1. The van der Waals surface area contributed by atoms with Crippen molar-refractivity contribution >= 4 is 5.97 Å². The maximum absolute atomic E-state index is 11.2. The van der Waals surface area contributed by atoms with E-state index in [1.54, 1.807) is 0 Å². The minimum Gasteiger partial charge on any atom is -0.551 e. The van der Waals surface area contributed by atoms with Gasteiger partial charge in [0.1, 0.15) is 0 Å². The molecule has 0 aromatic heterocycles. The van der Waals surface area contributed by atoms with E-state index in [1.807, 2.05) is 13.8 Å². The summed E-state index contributed by atoms with van der Waals surface area (Å²) in [6.07, 6.45) is 4.12. The largest absolute Gasteiger partial charge is 1.00 e. The van der Waals surface area contributed by atoms with Crippen LogP contribution in [0.1, 0.15) is 55.5 Å². The Bertz CT molecular complexity index is 648. The van der Waals surface area contributed by atoms with Crippen LogP contribution >= 0.6 is 0 Å². The molecule has 1 aromatic carbocycles. The van der Waals surface area contributed by atoms with Gasteiger partial charge in [0.2, 0.25) is 0 Å². The molecule has 0 bridgehead atoms. The number of carboxylic acids is 1. The first kappa shape index (κ1) is 18.2. The van der Waals surface area contributed by atoms with Gasteiger partial charge in [0.05, 0.1) is 5.60 Å². The van der Waals surface area contributed by atoms with Crippen LogP contribution in [0.4, 0.5) is 0 Å². The van der Waals surface area contributed by atoms with Crippen molar-refractivity contribution in [3.05, 3.63) is 34.9 Å². The van der Waals surface area contributed by atoms with E-state index in [1.165, 1.54) is 11.6 Å².